The molecule has 1 heterocycles. The Kier molecular flexibility index (Phi) is 7.89. The van der Waals surface area contributed by atoms with Gasteiger partial charge in [0, 0.05) is 30.7 Å². The lowest BCUT2D eigenvalue weighted by atomic mass is 9.86. The number of ether oxygens (including phenoxy) is 1. The van der Waals surface area contributed by atoms with Crippen LogP contribution in [0, 0.1) is 5.92 Å². The smallest absolute Gasteiger partial charge is 0.227 e. The monoisotopic (exact) mass is 471 g/mol. The van der Waals surface area contributed by atoms with E-state index in [0.29, 0.717) is 36.4 Å². The predicted octanol–water partition coefficient (Wildman–Crippen LogP) is 3.78. The van der Waals surface area contributed by atoms with E-state index in [0.717, 1.165) is 18.8 Å². The zero-order valence-electron chi connectivity index (χ0n) is 18.7. The third-order valence-electron chi connectivity index (χ3n) is 6.03. The summed E-state index contributed by atoms with van der Waals surface area (Å²) in [5, 5.41) is 3.13. The van der Waals surface area contributed by atoms with Gasteiger partial charge in [0.25, 0.3) is 0 Å². The van der Waals surface area contributed by atoms with Crippen molar-refractivity contribution in [1.29, 1.82) is 0 Å². The van der Waals surface area contributed by atoms with Crippen molar-refractivity contribution >= 4 is 38.9 Å². The van der Waals surface area contributed by atoms with Gasteiger partial charge in [-0.3, -0.25) is 4.79 Å². The molecule has 2 atom stereocenters. The zero-order chi connectivity index (χ0) is 22.8. The molecule has 1 saturated carbocycles. The molecule has 9 heteroatoms. The van der Waals surface area contributed by atoms with Crippen molar-refractivity contribution in [2.24, 2.45) is 5.92 Å². The van der Waals surface area contributed by atoms with Gasteiger partial charge < -0.3 is 15.0 Å². The average Bonchev–Trinajstić information content (AvgIpc) is 2.67. The third kappa shape index (κ3) is 6.34. The van der Waals surface area contributed by atoms with E-state index < -0.39 is 15.3 Å². The Bertz CT molecular complexity index is 875. The molecule has 0 radical (unpaired) electrons. The summed E-state index contributed by atoms with van der Waals surface area (Å²) in [5.41, 5.74) is 1.62. The number of morpholine rings is 1. The molecule has 1 unspecified atom stereocenters. The minimum absolute atomic E-state index is 0.0393. The summed E-state index contributed by atoms with van der Waals surface area (Å²) >= 11 is 6.53. The molecule has 0 aromatic heterocycles. The first-order valence-corrected chi connectivity index (χ1v) is 13.0. The third-order valence-corrected chi connectivity index (χ3v) is 8.23. The summed E-state index contributed by atoms with van der Waals surface area (Å²) in [5.74, 6) is -0.165. The number of carbonyl (C=O) groups is 1. The summed E-state index contributed by atoms with van der Waals surface area (Å²) in [4.78, 5) is 14.9. The van der Waals surface area contributed by atoms with Gasteiger partial charge in [-0.1, -0.05) is 11.6 Å². The highest BCUT2D eigenvalue weighted by Gasteiger charge is 2.30. The van der Waals surface area contributed by atoms with Crippen LogP contribution in [0.25, 0.3) is 0 Å². The second kappa shape index (κ2) is 10.1. The molecular formula is C22H34ClN3O4S. The molecule has 7 nitrogen and oxygen atoms in total. The van der Waals surface area contributed by atoms with Gasteiger partial charge in [0.05, 0.1) is 28.2 Å². The SMILES string of the molecule is CC1CN(c2ccc(NC(=O)C3CCC(NS(=O)(=O)C(C)C)CC3)cc2Cl)C[C@@H](C)O1. The summed E-state index contributed by atoms with van der Waals surface area (Å²) in [7, 11) is -3.29. The number of nitrogens with one attached hydrogen (secondary N) is 2. The van der Waals surface area contributed by atoms with Crippen molar-refractivity contribution < 1.29 is 17.9 Å². The van der Waals surface area contributed by atoms with E-state index in [2.05, 4.69) is 14.9 Å². The molecule has 174 valence electrons. The molecule has 1 aromatic rings. The lowest BCUT2D eigenvalue weighted by molar-refractivity contribution is -0.120. The highest BCUT2D eigenvalue weighted by Crippen LogP contribution is 2.32. The van der Waals surface area contributed by atoms with Gasteiger partial charge in [-0.2, -0.15) is 0 Å². The van der Waals surface area contributed by atoms with Crippen molar-refractivity contribution in [3.63, 3.8) is 0 Å². The number of halogens is 1. The number of rotatable bonds is 6. The molecule has 1 aromatic carbocycles. The van der Waals surface area contributed by atoms with Gasteiger partial charge in [-0.15, -0.1) is 0 Å². The Morgan fingerprint density at radius 1 is 1.13 bits per heavy atom. The van der Waals surface area contributed by atoms with Crippen LogP contribution >= 0.6 is 11.6 Å². The molecular weight excluding hydrogens is 438 g/mol. The first-order valence-electron chi connectivity index (χ1n) is 11.1. The van der Waals surface area contributed by atoms with Gasteiger partial charge >= 0.3 is 0 Å². The van der Waals surface area contributed by atoms with Gasteiger partial charge in [0.15, 0.2) is 0 Å². The average molecular weight is 472 g/mol. The van der Waals surface area contributed by atoms with E-state index in [1.807, 2.05) is 26.0 Å². The van der Waals surface area contributed by atoms with Crippen LogP contribution < -0.4 is 14.9 Å². The molecule has 3 rings (SSSR count). The fraction of sp³-hybridized carbons (Fsp3) is 0.682. The summed E-state index contributed by atoms with van der Waals surface area (Å²) in [6.07, 6.45) is 2.92. The van der Waals surface area contributed by atoms with Gasteiger partial charge in [0.1, 0.15) is 0 Å². The lowest BCUT2D eigenvalue weighted by Gasteiger charge is -2.37. The molecule has 2 N–H and O–H groups in total. The standard InChI is InChI=1S/C22H34ClN3O4S/c1-14(2)31(28,29)25-18-7-5-17(6-8-18)22(27)24-19-9-10-21(20(23)11-19)26-12-15(3)30-16(4)13-26/h9-11,14-18,25H,5-8,12-13H2,1-4H3,(H,24,27)/t15-,16?,17?,18?/m1/s1. The van der Waals surface area contributed by atoms with Crippen LogP contribution in [0.15, 0.2) is 18.2 Å². The van der Waals surface area contributed by atoms with Crippen molar-refractivity contribution in [1.82, 2.24) is 4.72 Å². The van der Waals surface area contributed by atoms with Gasteiger partial charge in [-0.25, -0.2) is 13.1 Å². The van der Waals surface area contributed by atoms with Crippen LogP contribution in [0.4, 0.5) is 11.4 Å². The Morgan fingerprint density at radius 3 is 2.29 bits per heavy atom. The second-order valence-corrected chi connectivity index (χ2v) is 11.8. The molecule has 1 aliphatic heterocycles. The normalized spacial score (nSPS) is 27.4. The Morgan fingerprint density at radius 2 is 1.74 bits per heavy atom. The van der Waals surface area contributed by atoms with E-state index in [-0.39, 0.29) is 30.1 Å². The van der Waals surface area contributed by atoms with E-state index >= 15 is 0 Å². The van der Waals surface area contributed by atoms with Crippen LogP contribution in [0.3, 0.4) is 0 Å². The Labute approximate surface area is 190 Å². The maximum absolute atomic E-state index is 12.7. The number of benzene rings is 1. The van der Waals surface area contributed by atoms with E-state index in [9.17, 15) is 13.2 Å². The molecule has 2 aliphatic rings. The van der Waals surface area contributed by atoms with Crippen molar-refractivity contribution in [2.45, 2.75) is 76.9 Å². The molecule has 0 spiro atoms. The van der Waals surface area contributed by atoms with Gasteiger partial charge in [0.2, 0.25) is 15.9 Å². The molecule has 1 aliphatic carbocycles. The van der Waals surface area contributed by atoms with E-state index in [4.69, 9.17) is 16.3 Å². The second-order valence-electron chi connectivity index (χ2n) is 9.08. The van der Waals surface area contributed by atoms with Crippen molar-refractivity contribution in [2.75, 3.05) is 23.3 Å². The van der Waals surface area contributed by atoms with E-state index in [1.54, 1.807) is 19.9 Å². The number of carbonyl (C=O) groups excluding carboxylic acids is 1. The highest BCUT2D eigenvalue weighted by molar-refractivity contribution is 7.90. The summed E-state index contributed by atoms with van der Waals surface area (Å²) in [6.45, 7) is 8.98. The first-order chi connectivity index (χ1) is 14.5. The van der Waals surface area contributed by atoms with Crippen molar-refractivity contribution in [3.05, 3.63) is 23.2 Å². The lowest BCUT2D eigenvalue weighted by Crippen LogP contribution is -2.45. The Balaban J connectivity index is 1.55. The number of anilines is 2. The number of hydrogen-bond donors (Lipinski definition) is 2. The van der Waals surface area contributed by atoms with Gasteiger partial charge in [-0.05, 0) is 71.6 Å². The Hall–Kier alpha value is -1.35. The summed E-state index contributed by atoms with van der Waals surface area (Å²) < 4.78 is 32.7. The molecule has 2 fully saturated rings. The number of nitrogens with zero attached hydrogens (tertiary/aromatic N) is 1. The number of sulfonamides is 1. The fourth-order valence-electron chi connectivity index (χ4n) is 4.30. The number of amides is 1. The molecule has 1 amide bonds. The fourth-order valence-corrected chi connectivity index (χ4v) is 5.57. The highest BCUT2D eigenvalue weighted by atomic mass is 35.5. The molecule has 1 saturated heterocycles. The maximum atomic E-state index is 12.7. The summed E-state index contributed by atoms with van der Waals surface area (Å²) in [6, 6.07) is 5.53. The first kappa shape index (κ1) is 24.3. The van der Waals surface area contributed by atoms with E-state index in [1.165, 1.54) is 0 Å². The largest absolute Gasteiger partial charge is 0.372 e. The van der Waals surface area contributed by atoms with Crippen LogP contribution in [0.5, 0.6) is 0 Å². The predicted molar refractivity (Wildman–Crippen MR) is 125 cm³/mol. The van der Waals surface area contributed by atoms with Crippen molar-refractivity contribution in [3.8, 4) is 0 Å². The minimum atomic E-state index is -3.29. The van der Waals surface area contributed by atoms with Crippen LogP contribution in [-0.4, -0.2) is 50.9 Å². The maximum Gasteiger partial charge on any atom is 0.227 e. The van der Waals surface area contributed by atoms with Crippen LogP contribution in [0.1, 0.15) is 53.4 Å². The number of hydrogen-bond acceptors (Lipinski definition) is 5. The topological polar surface area (TPSA) is 87.7 Å². The quantitative estimate of drug-likeness (QED) is 0.659. The van der Waals surface area contributed by atoms with Crippen LogP contribution in [-0.2, 0) is 19.6 Å². The molecule has 0 bridgehead atoms. The zero-order valence-corrected chi connectivity index (χ0v) is 20.3. The minimum Gasteiger partial charge on any atom is -0.372 e. The molecule has 31 heavy (non-hydrogen) atoms. The van der Waals surface area contributed by atoms with Crippen LogP contribution in [0.2, 0.25) is 5.02 Å².